The van der Waals surface area contributed by atoms with Gasteiger partial charge in [0.05, 0.1) is 29.4 Å². The smallest absolute Gasteiger partial charge is 0.412 e. The molecule has 1 aliphatic heterocycles. The maximum atomic E-state index is 12.4. The Morgan fingerprint density at radius 2 is 2.03 bits per heavy atom. The van der Waals surface area contributed by atoms with E-state index in [1.54, 1.807) is 16.8 Å². The van der Waals surface area contributed by atoms with Crippen molar-refractivity contribution in [1.29, 1.82) is 0 Å². The molecule has 2 aliphatic rings. The van der Waals surface area contributed by atoms with Crippen molar-refractivity contribution in [3.8, 4) is 0 Å². The molecule has 1 aromatic carbocycles. The summed E-state index contributed by atoms with van der Waals surface area (Å²) in [7, 11) is 0. The summed E-state index contributed by atoms with van der Waals surface area (Å²) in [6.07, 6.45) is 5.27. The van der Waals surface area contributed by atoms with Crippen molar-refractivity contribution in [2.24, 2.45) is 0 Å². The topological polar surface area (TPSA) is 101 Å². The van der Waals surface area contributed by atoms with Gasteiger partial charge in [-0.25, -0.2) is 9.78 Å². The monoisotopic (exact) mass is 436 g/mol. The number of hydrogen-bond acceptors (Lipinski definition) is 4. The van der Waals surface area contributed by atoms with Gasteiger partial charge in [0.2, 0.25) is 0 Å². The molecule has 3 aromatic rings. The van der Waals surface area contributed by atoms with E-state index in [0.29, 0.717) is 18.7 Å². The number of amides is 1. The molecule has 1 saturated carbocycles. The third-order valence-electron chi connectivity index (χ3n) is 6.93. The first-order valence-corrected chi connectivity index (χ1v) is 11.3. The molecule has 1 amide bonds. The molecule has 3 atom stereocenters. The first kappa shape index (κ1) is 20.8. The van der Waals surface area contributed by atoms with Crippen molar-refractivity contribution in [1.82, 2.24) is 14.1 Å². The molecule has 1 fully saturated rings. The van der Waals surface area contributed by atoms with Crippen LogP contribution in [-0.4, -0.2) is 42.6 Å². The zero-order valence-electron chi connectivity index (χ0n) is 18.1. The van der Waals surface area contributed by atoms with E-state index in [1.807, 2.05) is 25.1 Å². The number of anilines is 1. The normalized spacial score (nSPS) is 23.3. The van der Waals surface area contributed by atoms with Gasteiger partial charge in [-0.2, -0.15) is 0 Å². The highest BCUT2D eigenvalue weighted by molar-refractivity contribution is 5.94. The Hall–Kier alpha value is -3.13. The van der Waals surface area contributed by atoms with Crippen molar-refractivity contribution in [3.05, 3.63) is 58.3 Å². The number of rotatable bonds is 3. The number of aryl methyl sites for hydroxylation is 1. The summed E-state index contributed by atoms with van der Waals surface area (Å²) in [6, 6.07) is 8.92. The second kappa shape index (κ2) is 8.09. The molecule has 0 unspecified atom stereocenters. The fraction of sp³-hybridized carbons (Fsp3) is 0.458. The highest BCUT2D eigenvalue weighted by atomic mass is 16.4. The number of imidazole rings is 1. The number of nitrogens with zero attached hydrogens (tertiary/aromatic N) is 4. The summed E-state index contributed by atoms with van der Waals surface area (Å²) in [5.41, 5.74) is 3.30. The van der Waals surface area contributed by atoms with Gasteiger partial charge in [0.15, 0.2) is 0 Å². The number of benzene rings is 1. The molecule has 2 N–H and O–H groups in total. The molecule has 1 aliphatic carbocycles. The van der Waals surface area contributed by atoms with Gasteiger partial charge >= 0.3 is 6.09 Å². The average molecular weight is 437 g/mol. The lowest BCUT2D eigenvalue weighted by molar-refractivity contribution is 0.104. The zero-order valence-corrected chi connectivity index (χ0v) is 18.1. The number of pyridine rings is 1. The van der Waals surface area contributed by atoms with E-state index in [0.717, 1.165) is 54.5 Å². The standard InChI is InChI=1S/C24H28N4O4/c1-15-8-9-18-19(27(15)24(31)32)10-11-20-23(18)25-21(14-26-12-3-2-7-22(26)30)28(20)16-5-4-6-17(29)13-16/h2-3,7,10-12,15-17,29H,4-6,8-9,13-14H2,1H3,(H,31,32)/t15-,16+,17-/m0/s1. The van der Waals surface area contributed by atoms with Crippen LogP contribution in [0.2, 0.25) is 0 Å². The summed E-state index contributed by atoms with van der Waals surface area (Å²) >= 11 is 0. The van der Waals surface area contributed by atoms with Crippen LogP contribution in [0.5, 0.6) is 0 Å². The van der Waals surface area contributed by atoms with Crippen LogP contribution in [-0.2, 0) is 13.0 Å². The Labute approximate surface area is 185 Å². The first-order chi connectivity index (χ1) is 15.4. The number of aliphatic hydroxyl groups is 1. The minimum absolute atomic E-state index is 0.0876. The zero-order chi connectivity index (χ0) is 22.4. The molecule has 2 aromatic heterocycles. The number of carboxylic acid groups (broad SMARTS) is 1. The number of aliphatic hydroxyl groups excluding tert-OH is 1. The van der Waals surface area contributed by atoms with Crippen LogP contribution >= 0.6 is 0 Å². The Kier molecular flexibility index (Phi) is 5.25. The van der Waals surface area contributed by atoms with Crippen LogP contribution in [0.15, 0.2) is 41.3 Å². The molecule has 8 heteroatoms. The highest BCUT2D eigenvalue weighted by Crippen LogP contribution is 2.39. The molecule has 8 nitrogen and oxygen atoms in total. The lowest BCUT2D eigenvalue weighted by atomic mass is 9.92. The molecular formula is C24H28N4O4. The molecule has 168 valence electrons. The number of hydrogen-bond donors (Lipinski definition) is 2. The minimum atomic E-state index is -0.955. The van der Waals surface area contributed by atoms with Gasteiger partial charge in [-0.05, 0) is 63.6 Å². The Morgan fingerprint density at radius 3 is 2.78 bits per heavy atom. The molecule has 0 spiro atoms. The molecule has 0 bridgehead atoms. The molecule has 0 saturated heterocycles. The van der Waals surface area contributed by atoms with Gasteiger partial charge in [-0.3, -0.25) is 9.69 Å². The third-order valence-corrected chi connectivity index (χ3v) is 6.93. The van der Waals surface area contributed by atoms with Crippen LogP contribution in [0, 0.1) is 0 Å². The summed E-state index contributed by atoms with van der Waals surface area (Å²) in [6.45, 7) is 2.26. The fourth-order valence-corrected chi connectivity index (χ4v) is 5.37. The van der Waals surface area contributed by atoms with Gasteiger partial charge in [0.1, 0.15) is 5.82 Å². The van der Waals surface area contributed by atoms with Crippen LogP contribution in [0.25, 0.3) is 11.0 Å². The van der Waals surface area contributed by atoms with Gasteiger partial charge in [-0.15, -0.1) is 0 Å². The van der Waals surface area contributed by atoms with E-state index in [-0.39, 0.29) is 23.7 Å². The second-order valence-electron chi connectivity index (χ2n) is 9.01. The van der Waals surface area contributed by atoms with Crippen molar-refractivity contribution in [2.45, 2.75) is 70.2 Å². The van der Waals surface area contributed by atoms with E-state index in [1.165, 1.54) is 11.0 Å². The third kappa shape index (κ3) is 3.48. The van der Waals surface area contributed by atoms with E-state index in [4.69, 9.17) is 4.98 Å². The summed E-state index contributed by atoms with van der Waals surface area (Å²) in [5, 5.41) is 20.1. The first-order valence-electron chi connectivity index (χ1n) is 11.3. The molecular weight excluding hydrogens is 408 g/mol. The van der Waals surface area contributed by atoms with Gasteiger partial charge in [-0.1, -0.05) is 6.07 Å². The quantitative estimate of drug-likeness (QED) is 0.654. The summed E-state index contributed by atoms with van der Waals surface area (Å²) in [5.74, 6) is 0.765. The lowest BCUT2D eigenvalue weighted by Gasteiger charge is -2.33. The van der Waals surface area contributed by atoms with E-state index < -0.39 is 6.09 Å². The second-order valence-corrected chi connectivity index (χ2v) is 9.01. The summed E-state index contributed by atoms with van der Waals surface area (Å²) < 4.78 is 3.82. The average Bonchev–Trinajstić information content (AvgIpc) is 3.13. The highest BCUT2D eigenvalue weighted by Gasteiger charge is 2.32. The van der Waals surface area contributed by atoms with Crippen molar-refractivity contribution >= 4 is 22.8 Å². The van der Waals surface area contributed by atoms with Crippen LogP contribution in [0.3, 0.4) is 0 Å². The Morgan fingerprint density at radius 1 is 1.19 bits per heavy atom. The number of fused-ring (bicyclic) bond motifs is 3. The number of carbonyl (C=O) groups is 1. The van der Waals surface area contributed by atoms with Crippen molar-refractivity contribution in [2.75, 3.05) is 4.90 Å². The van der Waals surface area contributed by atoms with Crippen LogP contribution in [0.4, 0.5) is 10.5 Å². The van der Waals surface area contributed by atoms with Crippen LogP contribution < -0.4 is 10.5 Å². The Bertz CT molecular complexity index is 1230. The lowest BCUT2D eigenvalue weighted by Crippen LogP contribution is -2.41. The SMILES string of the molecule is C[C@H]1CCc2c(ccc3c2nc(Cn2ccccc2=O)n3[C@@H]2CCC[C@H](O)C2)N1C(=O)O. The molecule has 32 heavy (non-hydrogen) atoms. The van der Waals surface area contributed by atoms with E-state index in [2.05, 4.69) is 4.57 Å². The predicted octanol–water partition coefficient (Wildman–Crippen LogP) is 3.54. The predicted molar refractivity (Wildman–Crippen MR) is 121 cm³/mol. The minimum Gasteiger partial charge on any atom is -0.465 e. The maximum absolute atomic E-state index is 12.4. The van der Waals surface area contributed by atoms with Crippen LogP contribution in [0.1, 0.15) is 56.5 Å². The van der Waals surface area contributed by atoms with Gasteiger partial charge < -0.3 is 19.3 Å². The maximum Gasteiger partial charge on any atom is 0.412 e. The summed E-state index contributed by atoms with van der Waals surface area (Å²) in [4.78, 5) is 30.7. The van der Waals surface area contributed by atoms with Crippen molar-refractivity contribution < 1.29 is 15.0 Å². The molecule has 5 rings (SSSR count). The van der Waals surface area contributed by atoms with E-state index in [9.17, 15) is 19.8 Å². The fourth-order valence-electron chi connectivity index (χ4n) is 5.37. The number of aromatic nitrogens is 3. The van der Waals surface area contributed by atoms with Crippen molar-refractivity contribution in [3.63, 3.8) is 0 Å². The molecule has 3 heterocycles. The van der Waals surface area contributed by atoms with Gasteiger partial charge in [0.25, 0.3) is 5.56 Å². The van der Waals surface area contributed by atoms with E-state index >= 15 is 0 Å². The van der Waals surface area contributed by atoms with Gasteiger partial charge in [0, 0.05) is 29.9 Å². The molecule has 0 radical (unpaired) electrons. The Balaban J connectivity index is 1.69. The largest absolute Gasteiger partial charge is 0.465 e.